The van der Waals surface area contributed by atoms with Crippen LogP contribution in [-0.4, -0.2) is 23.2 Å². The molecule has 0 saturated heterocycles. The predicted molar refractivity (Wildman–Crippen MR) is 88.5 cm³/mol. The van der Waals surface area contributed by atoms with Crippen molar-refractivity contribution in [2.45, 2.75) is 40.2 Å². The number of oxazole rings is 1. The molecule has 0 radical (unpaired) electrons. The molecule has 0 saturated carbocycles. The quantitative estimate of drug-likeness (QED) is 0.732. The molecular formula is C18H26N2O2. The van der Waals surface area contributed by atoms with Gasteiger partial charge in [0.2, 0.25) is 5.89 Å². The summed E-state index contributed by atoms with van der Waals surface area (Å²) in [7, 11) is 0. The summed E-state index contributed by atoms with van der Waals surface area (Å²) in [6, 6.07) is 8.16. The molecule has 120 valence electrons. The largest absolute Gasteiger partial charge is 0.444 e. The van der Waals surface area contributed by atoms with Crippen LogP contribution < -0.4 is 5.32 Å². The first kappa shape index (κ1) is 16.7. The number of nitrogens with one attached hydrogen (secondary N) is 1. The smallest absolute Gasteiger partial charge is 0.226 e. The monoisotopic (exact) mass is 302 g/mol. The lowest BCUT2D eigenvalue weighted by Crippen LogP contribution is -2.21. The summed E-state index contributed by atoms with van der Waals surface area (Å²) >= 11 is 0. The number of aliphatic hydroxyl groups excluding tert-OH is 1. The molecule has 1 aromatic carbocycles. The zero-order chi connectivity index (χ0) is 16.0. The minimum atomic E-state index is 0.00812. The van der Waals surface area contributed by atoms with Crippen molar-refractivity contribution >= 4 is 0 Å². The van der Waals surface area contributed by atoms with Crippen molar-refractivity contribution in [1.29, 1.82) is 0 Å². The summed E-state index contributed by atoms with van der Waals surface area (Å²) in [6.45, 7) is 8.07. The molecule has 1 aromatic heterocycles. The van der Waals surface area contributed by atoms with Gasteiger partial charge in [0.25, 0.3) is 0 Å². The van der Waals surface area contributed by atoms with Crippen molar-refractivity contribution in [3.8, 4) is 11.5 Å². The summed E-state index contributed by atoms with van der Waals surface area (Å²) in [4.78, 5) is 4.50. The van der Waals surface area contributed by atoms with Crippen LogP contribution in [0.1, 0.15) is 37.9 Å². The van der Waals surface area contributed by atoms with Crippen molar-refractivity contribution in [2.75, 3.05) is 13.2 Å². The second kappa shape index (κ2) is 7.56. The van der Waals surface area contributed by atoms with Gasteiger partial charge in [-0.1, -0.05) is 31.5 Å². The van der Waals surface area contributed by atoms with Gasteiger partial charge in [0.05, 0.1) is 5.69 Å². The topological polar surface area (TPSA) is 58.3 Å². The van der Waals surface area contributed by atoms with E-state index >= 15 is 0 Å². The highest BCUT2D eigenvalue weighted by Gasteiger charge is 2.15. The third-order valence-electron chi connectivity index (χ3n) is 3.79. The maximum Gasteiger partial charge on any atom is 0.226 e. The molecule has 22 heavy (non-hydrogen) atoms. The lowest BCUT2D eigenvalue weighted by molar-refractivity contribution is 0.148. The van der Waals surface area contributed by atoms with Crippen LogP contribution in [0.4, 0.5) is 0 Å². The molecule has 0 atom stereocenters. The molecule has 0 aliphatic heterocycles. The molecule has 0 unspecified atom stereocenters. The van der Waals surface area contributed by atoms with Gasteiger partial charge >= 0.3 is 0 Å². The molecule has 2 aromatic rings. The van der Waals surface area contributed by atoms with Gasteiger partial charge in [0.15, 0.2) is 0 Å². The van der Waals surface area contributed by atoms with Crippen LogP contribution in [0.2, 0.25) is 0 Å². The number of aliphatic hydroxyl groups is 1. The van der Waals surface area contributed by atoms with Crippen LogP contribution in [-0.2, 0) is 6.54 Å². The first-order valence-corrected chi connectivity index (χ1v) is 7.83. The highest BCUT2D eigenvalue weighted by atomic mass is 16.3. The standard InChI is InChI=1S/C18H26N2O2/c1-14-5-7-15(8-6-14)17-20-16(12-22-17)11-19-10-4-9-18(2,3)13-21/h5-8,12,19,21H,4,9-11,13H2,1-3H3. The van der Waals surface area contributed by atoms with E-state index in [1.54, 1.807) is 6.26 Å². The SMILES string of the molecule is Cc1ccc(-c2nc(CNCCCC(C)(C)CO)co2)cc1. The van der Waals surface area contributed by atoms with Gasteiger partial charge < -0.3 is 14.8 Å². The maximum atomic E-state index is 9.21. The van der Waals surface area contributed by atoms with Gasteiger partial charge in [0.1, 0.15) is 6.26 Å². The van der Waals surface area contributed by atoms with Gasteiger partial charge in [-0.2, -0.15) is 0 Å². The third-order valence-corrected chi connectivity index (χ3v) is 3.79. The molecule has 0 aliphatic rings. The number of nitrogens with zero attached hydrogens (tertiary/aromatic N) is 1. The van der Waals surface area contributed by atoms with Crippen molar-refractivity contribution in [3.63, 3.8) is 0 Å². The average molecular weight is 302 g/mol. The lowest BCUT2D eigenvalue weighted by atomic mass is 9.89. The Hall–Kier alpha value is -1.65. The molecule has 0 spiro atoms. The fourth-order valence-corrected chi connectivity index (χ4v) is 2.20. The molecule has 4 nitrogen and oxygen atoms in total. The fourth-order valence-electron chi connectivity index (χ4n) is 2.20. The molecule has 2 N–H and O–H groups in total. The van der Waals surface area contributed by atoms with E-state index in [-0.39, 0.29) is 12.0 Å². The molecular weight excluding hydrogens is 276 g/mol. The summed E-state index contributed by atoms with van der Waals surface area (Å²) in [5.41, 5.74) is 3.15. The number of hydrogen-bond acceptors (Lipinski definition) is 4. The van der Waals surface area contributed by atoms with Gasteiger partial charge in [-0.05, 0) is 43.9 Å². The van der Waals surface area contributed by atoms with Crippen LogP contribution >= 0.6 is 0 Å². The van der Waals surface area contributed by atoms with Gasteiger partial charge in [0, 0.05) is 18.7 Å². The van der Waals surface area contributed by atoms with E-state index in [0.29, 0.717) is 12.4 Å². The number of aryl methyl sites for hydroxylation is 1. The summed E-state index contributed by atoms with van der Waals surface area (Å²) in [6.07, 6.45) is 3.75. The second-order valence-electron chi connectivity index (χ2n) is 6.61. The van der Waals surface area contributed by atoms with Crippen LogP contribution in [0, 0.1) is 12.3 Å². The Morgan fingerprint density at radius 3 is 2.64 bits per heavy atom. The number of aromatic nitrogens is 1. The molecule has 4 heteroatoms. The predicted octanol–water partition coefficient (Wildman–Crippen LogP) is 3.54. The van der Waals surface area contributed by atoms with Crippen molar-refractivity contribution in [1.82, 2.24) is 10.3 Å². The van der Waals surface area contributed by atoms with Crippen molar-refractivity contribution in [3.05, 3.63) is 41.8 Å². The maximum absolute atomic E-state index is 9.21. The van der Waals surface area contributed by atoms with E-state index in [4.69, 9.17) is 4.42 Å². The lowest BCUT2D eigenvalue weighted by Gasteiger charge is -2.21. The number of benzene rings is 1. The van der Waals surface area contributed by atoms with E-state index in [1.165, 1.54) is 5.56 Å². The van der Waals surface area contributed by atoms with Crippen LogP contribution in [0.5, 0.6) is 0 Å². The van der Waals surface area contributed by atoms with E-state index in [2.05, 4.69) is 43.2 Å². The van der Waals surface area contributed by atoms with E-state index in [1.807, 2.05) is 12.1 Å². The fraction of sp³-hybridized carbons (Fsp3) is 0.500. The third kappa shape index (κ3) is 4.97. The molecule has 0 amide bonds. The molecule has 1 heterocycles. The number of hydrogen-bond donors (Lipinski definition) is 2. The van der Waals surface area contributed by atoms with Gasteiger partial charge in [-0.25, -0.2) is 4.98 Å². The molecule has 0 aliphatic carbocycles. The van der Waals surface area contributed by atoms with Crippen molar-refractivity contribution in [2.24, 2.45) is 5.41 Å². The summed E-state index contributed by atoms with van der Waals surface area (Å²) in [5, 5.41) is 12.6. The second-order valence-corrected chi connectivity index (χ2v) is 6.61. The Morgan fingerprint density at radius 2 is 1.95 bits per heavy atom. The van der Waals surface area contributed by atoms with E-state index < -0.39 is 0 Å². The average Bonchev–Trinajstić information content (AvgIpc) is 2.96. The summed E-state index contributed by atoms with van der Waals surface area (Å²) in [5.74, 6) is 0.665. The van der Waals surface area contributed by atoms with Gasteiger partial charge in [-0.3, -0.25) is 0 Å². The highest BCUT2D eigenvalue weighted by Crippen LogP contribution is 2.21. The molecule has 0 fully saturated rings. The highest BCUT2D eigenvalue weighted by molar-refractivity contribution is 5.53. The van der Waals surface area contributed by atoms with Crippen LogP contribution in [0.15, 0.2) is 34.9 Å². The first-order valence-electron chi connectivity index (χ1n) is 7.83. The Morgan fingerprint density at radius 1 is 1.23 bits per heavy atom. The Labute approximate surface area is 132 Å². The number of rotatable bonds is 8. The normalized spacial score (nSPS) is 11.8. The van der Waals surface area contributed by atoms with Crippen LogP contribution in [0.25, 0.3) is 11.5 Å². The first-order chi connectivity index (χ1) is 10.5. The molecule has 0 bridgehead atoms. The minimum absolute atomic E-state index is 0.00812. The summed E-state index contributed by atoms with van der Waals surface area (Å²) < 4.78 is 5.54. The zero-order valence-electron chi connectivity index (χ0n) is 13.7. The van der Waals surface area contributed by atoms with E-state index in [9.17, 15) is 5.11 Å². The van der Waals surface area contributed by atoms with Gasteiger partial charge in [-0.15, -0.1) is 0 Å². The molecule has 2 rings (SSSR count). The van der Waals surface area contributed by atoms with Crippen molar-refractivity contribution < 1.29 is 9.52 Å². The van der Waals surface area contributed by atoms with E-state index in [0.717, 1.165) is 30.6 Å². The Balaban J connectivity index is 1.77. The zero-order valence-corrected chi connectivity index (χ0v) is 13.7. The Bertz CT molecular complexity index is 573. The van der Waals surface area contributed by atoms with Crippen LogP contribution in [0.3, 0.4) is 0 Å². The Kier molecular flexibility index (Phi) is 5.75. The minimum Gasteiger partial charge on any atom is -0.444 e.